The van der Waals surface area contributed by atoms with Crippen LogP contribution in [-0.4, -0.2) is 47.8 Å². The van der Waals surface area contributed by atoms with E-state index in [1.807, 2.05) is 0 Å². The lowest BCUT2D eigenvalue weighted by molar-refractivity contribution is -0.103. The van der Waals surface area contributed by atoms with Crippen molar-refractivity contribution in [2.75, 3.05) is 20.6 Å². The molecular weight excluding hydrogens is 180 g/mol. The third-order valence-electron chi connectivity index (χ3n) is 3.50. The summed E-state index contributed by atoms with van der Waals surface area (Å²) >= 11 is 0. The van der Waals surface area contributed by atoms with Crippen molar-refractivity contribution in [3.8, 4) is 0 Å². The molecule has 0 aliphatic carbocycles. The van der Waals surface area contributed by atoms with Crippen LogP contribution in [0.25, 0.3) is 0 Å². The van der Waals surface area contributed by atoms with Crippen molar-refractivity contribution in [3.05, 3.63) is 0 Å². The zero-order valence-electron chi connectivity index (χ0n) is 9.45. The van der Waals surface area contributed by atoms with Crippen LogP contribution in [0, 0.1) is 5.41 Å². The van der Waals surface area contributed by atoms with E-state index in [-0.39, 0.29) is 11.4 Å². The van der Waals surface area contributed by atoms with Crippen molar-refractivity contribution in [2.45, 2.75) is 32.9 Å². The zero-order chi connectivity index (χ0) is 10.9. The van der Waals surface area contributed by atoms with E-state index in [0.717, 1.165) is 12.8 Å². The number of aliphatic hydroxyl groups is 1. The Bertz CT molecular complexity index is 226. The third-order valence-corrected chi connectivity index (χ3v) is 3.50. The van der Waals surface area contributed by atoms with E-state index >= 15 is 0 Å². The molecule has 1 rings (SSSR count). The van der Waals surface area contributed by atoms with Gasteiger partial charge in [-0.3, -0.25) is 0 Å². The van der Waals surface area contributed by atoms with E-state index in [2.05, 4.69) is 13.8 Å². The van der Waals surface area contributed by atoms with Gasteiger partial charge in [-0.25, -0.2) is 4.79 Å². The average Bonchev–Trinajstić information content (AvgIpc) is 2.21. The van der Waals surface area contributed by atoms with Crippen LogP contribution in [0.1, 0.15) is 26.7 Å². The number of carbonyl (C=O) groups excluding carboxylic acids is 1. The van der Waals surface area contributed by atoms with E-state index in [1.54, 1.807) is 19.0 Å². The van der Waals surface area contributed by atoms with Crippen molar-refractivity contribution >= 4 is 6.03 Å². The second-order valence-corrected chi connectivity index (χ2v) is 4.19. The second kappa shape index (κ2) is 3.77. The molecule has 4 nitrogen and oxygen atoms in total. The minimum absolute atomic E-state index is 0.102. The number of aliphatic hydroxyl groups excluding tert-OH is 1. The van der Waals surface area contributed by atoms with Gasteiger partial charge in [0.1, 0.15) is 6.23 Å². The molecule has 4 heteroatoms. The van der Waals surface area contributed by atoms with Gasteiger partial charge in [-0.2, -0.15) is 0 Å². The summed E-state index contributed by atoms with van der Waals surface area (Å²) < 4.78 is 0. The van der Waals surface area contributed by atoms with Gasteiger partial charge >= 0.3 is 6.03 Å². The summed E-state index contributed by atoms with van der Waals surface area (Å²) in [6, 6.07) is -0.102. The van der Waals surface area contributed by atoms with E-state index in [0.29, 0.717) is 6.54 Å². The summed E-state index contributed by atoms with van der Waals surface area (Å²) in [4.78, 5) is 14.7. The predicted octanol–water partition coefficient (Wildman–Crippen LogP) is 1.11. The van der Waals surface area contributed by atoms with Gasteiger partial charge in [0.25, 0.3) is 0 Å². The van der Waals surface area contributed by atoms with Crippen LogP contribution in [0.4, 0.5) is 4.79 Å². The first-order valence-electron chi connectivity index (χ1n) is 5.14. The fourth-order valence-electron chi connectivity index (χ4n) is 2.25. The lowest BCUT2D eigenvalue weighted by atomic mass is 9.78. The number of hydrogen-bond donors (Lipinski definition) is 1. The molecule has 1 heterocycles. The van der Waals surface area contributed by atoms with Gasteiger partial charge in [-0.1, -0.05) is 13.8 Å². The van der Waals surface area contributed by atoms with Gasteiger partial charge in [0.2, 0.25) is 0 Å². The number of rotatable bonds is 2. The smallest absolute Gasteiger partial charge is 0.321 e. The third kappa shape index (κ3) is 1.47. The standard InChI is InChI=1S/C10H20N2O2/c1-5-10(6-2)7-11(3)9(14)12(4)8(10)13/h8,13H,5-7H2,1-4H3. The molecule has 1 unspecified atom stereocenters. The number of urea groups is 1. The molecule has 1 N–H and O–H groups in total. The van der Waals surface area contributed by atoms with Crippen LogP contribution in [0.2, 0.25) is 0 Å². The SMILES string of the molecule is CCC1(CC)CN(C)C(=O)N(C)C1O. The van der Waals surface area contributed by atoms with Crippen LogP contribution in [0.3, 0.4) is 0 Å². The monoisotopic (exact) mass is 200 g/mol. The molecule has 0 bridgehead atoms. The second-order valence-electron chi connectivity index (χ2n) is 4.19. The van der Waals surface area contributed by atoms with E-state index in [4.69, 9.17) is 0 Å². The molecule has 0 saturated carbocycles. The van der Waals surface area contributed by atoms with Crippen molar-refractivity contribution < 1.29 is 9.90 Å². The van der Waals surface area contributed by atoms with Gasteiger partial charge in [-0.05, 0) is 12.8 Å². The molecule has 1 atom stereocenters. The van der Waals surface area contributed by atoms with Crippen molar-refractivity contribution in [2.24, 2.45) is 5.41 Å². The van der Waals surface area contributed by atoms with Crippen LogP contribution in [0.5, 0.6) is 0 Å². The highest BCUT2D eigenvalue weighted by Gasteiger charge is 2.45. The van der Waals surface area contributed by atoms with Crippen LogP contribution in [-0.2, 0) is 0 Å². The molecule has 1 saturated heterocycles. The maximum atomic E-state index is 11.5. The molecule has 0 spiro atoms. The highest BCUT2D eigenvalue weighted by atomic mass is 16.3. The van der Waals surface area contributed by atoms with Gasteiger partial charge in [0.15, 0.2) is 0 Å². The van der Waals surface area contributed by atoms with E-state index in [1.165, 1.54) is 4.90 Å². The van der Waals surface area contributed by atoms with E-state index < -0.39 is 6.23 Å². The maximum absolute atomic E-state index is 11.5. The van der Waals surface area contributed by atoms with Crippen molar-refractivity contribution in [1.29, 1.82) is 0 Å². The average molecular weight is 200 g/mol. The largest absolute Gasteiger partial charge is 0.373 e. The summed E-state index contributed by atoms with van der Waals surface area (Å²) in [5, 5.41) is 10.1. The molecule has 1 aliphatic heterocycles. The Morgan fingerprint density at radius 1 is 1.43 bits per heavy atom. The van der Waals surface area contributed by atoms with Crippen molar-refractivity contribution in [3.63, 3.8) is 0 Å². The Kier molecular flexibility index (Phi) is 3.04. The predicted molar refractivity (Wildman–Crippen MR) is 54.8 cm³/mol. The minimum Gasteiger partial charge on any atom is -0.373 e. The number of nitrogens with zero attached hydrogens (tertiary/aromatic N) is 2. The first kappa shape index (κ1) is 11.3. The Morgan fingerprint density at radius 2 is 1.93 bits per heavy atom. The van der Waals surface area contributed by atoms with Gasteiger partial charge in [-0.15, -0.1) is 0 Å². The first-order chi connectivity index (χ1) is 6.48. The molecule has 2 amide bonds. The van der Waals surface area contributed by atoms with Gasteiger partial charge < -0.3 is 14.9 Å². The fraction of sp³-hybridized carbons (Fsp3) is 0.900. The highest BCUT2D eigenvalue weighted by molar-refractivity contribution is 5.75. The molecular formula is C10H20N2O2. The fourth-order valence-corrected chi connectivity index (χ4v) is 2.25. The molecule has 0 aromatic heterocycles. The summed E-state index contributed by atoms with van der Waals surface area (Å²) in [6.45, 7) is 4.76. The highest BCUT2D eigenvalue weighted by Crippen LogP contribution is 2.36. The number of amides is 2. The quantitative estimate of drug-likeness (QED) is 0.725. The topological polar surface area (TPSA) is 43.8 Å². The Morgan fingerprint density at radius 3 is 2.36 bits per heavy atom. The lowest BCUT2D eigenvalue weighted by Crippen LogP contribution is -2.61. The Hall–Kier alpha value is -0.770. The molecule has 0 aromatic rings. The maximum Gasteiger partial charge on any atom is 0.321 e. The number of hydrogen-bond acceptors (Lipinski definition) is 2. The van der Waals surface area contributed by atoms with Crippen molar-refractivity contribution in [1.82, 2.24) is 9.80 Å². The minimum atomic E-state index is -0.652. The normalized spacial score (nSPS) is 26.9. The molecule has 14 heavy (non-hydrogen) atoms. The summed E-state index contributed by atoms with van der Waals surface area (Å²) in [5.74, 6) is 0. The Balaban J connectivity index is 2.94. The molecule has 0 aromatic carbocycles. The first-order valence-corrected chi connectivity index (χ1v) is 5.14. The van der Waals surface area contributed by atoms with Gasteiger partial charge in [0, 0.05) is 26.1 Å². The number of carbonyl (C=O) groups is 1. The molecule has 1 fully saturated rings. The van der Waals surface area contributed by atoms with E-state index in [9.17, 15) is 9.90 Å². The molecule has 1 aliphatic rings. The van der Waals surface area contributed by atoms with Crippen LogP contribution < -0.4 is 0 Å². The lowest BCUT2D eigenvalue weighted by Gasteiger charge is -2.48. The van der Waals surface area contributed by atoms with Gasteiger partial charge in [0.05, 0.1) is 0 Å². The summed E-state index contributed by atoms with van der Waals surface area (Å²) in [7, 11) is 3.44. The Labute approximate surface area is 85.5 Å². The summed E-state index contributed by atoms with van der Waals surface area (Å²) in [6.07, 6.45) is 1.11. The van der Waals surface area contributed by atoms with Crippen LogP contribution >= 0.6 is 0 Å². The summed E-state index contributed by atoms with van der Waals surface area (Å²) in [5.41, 5.74) is -0.169. The molecule has 82 valence electrons. The molecule has 0 radical (unpaired) electrons. The zero-order valence-corrected chi connectivity index (χ0v) is 9.45. The van der Waals surface area contributed by atoms with Crippen LogP contribution in [0.15, 0.2) is 0 Å².